The molecule has 1 aliphatic carbocycles. The van der Waals surface area contributed by atoms with E-state index in [2.05, 4.69) is 5.32 Å². The zero-order chi connectivity index (χ0) is 8.16. The van der Waals surface area contributed by atoms with Crippen LogP contribution in [-0.4, -0.2) is 25.6 Å². The fraction of sp³-hybridized carbons (Fsp3) is 1.00. The number of halogens is 2. The van der Waals surface area contributed by atoms with E-state index < -0.39 is 0 Å². The van der Waals surface area contributed by atoms with E-state index in [0.717, 1.165) is 19.0 Å². The highest BCUT2D eigenvalue weighted by atomic mass is 35.5. The smallest absolute Gasteiger partial charge is 0.0906 e. The number of rotatable bonds is 6. The highest BCUT2D eigenvalue weighted by molar-refractivity contribution is 6.18. The molecule has 0 radical (unpaired) electrons. The Morgan fingerprint density at radius 3 is 2.64 bits per heavy atom. The van der Waals surface area contributed by atoms with Crippen LogP contribution < -0.4 is 5.32 Å². The SMILES string of the molecule is FCCCNCC1(CCl)CC1. The molecule has 1 aliphatic rings. The molecular weight excluding hydrogens is 165 g/mol. The molecule has 1 saturated carbocycles. The molecule has 0 aromatic rings. The van der Waals surface area contributed by atoms with E-state index in [9.17, 15) is 4.39 Å². The maximum atomic E-state index is 11.6. The number of hydrogen-bond donors (Lipinski definition) is 1. The topological polar surface area (TPSA) is 12.0 Å². The van der Waals surface area contributed by atoms with Crippen molar-refractivity contribution >= 4 is 11.6 Å². The first kappa shape index (κ1) is 9.27. The largest absolute Gasteiger partial charge is 0.316 e. The van der Waals surface area contributed by atoms with Crippen LogP contribution in [0.15, 0.2) is 0 Å². The highest BCUT2D eigenvalue weighted by Crippen LogP contribution is 2.45. The lowest BCUT2D eigenvalue weighted by atomic mass is 10.1. The molecule has 0 bridgehead atoms. The van der Waals surface area contributed by atoms with Gasteiger partial charge in [-0.2, -0.15) is 0 Å². The molecule has 66 valence electrons. The van der Waals surface area contributed by atoms with Crippen molar-refractivity contribution < 1.29 is 4.39 Å². The Kier molecular flexibility index (Phi) is 3.60. The van der Waals surface area contributed by atoms with Gasteiger partial charge in [0.15, 0.2) is 0 Å². The maximum Gasteiger partial charge on any atom is 0.0906 e. The molecule has 0 unspecified atom stereocenters. The van der Waals surface area contributed by atoms with E-state index in [4.69, 9.17) is 11.6 Å². The van der Waals surface area contributed by atoms with E-state index >= 15 is 0 Å². The van der Waals surface area contributed by atoms with Crippen molar-refractivity contribution in [3.8, 4) is 0 Å². The molecule has 0 amide bonds. The minimum atomic E-state index is -0.221. The molecule has 1 fully saturated rings. The van der Waals surface area contributed by atoms with Gasteiger partial charge < -0.3 is 5.32 Å². The Morgan fingerprint density at radius 1 is 1.45 bits per heavy atom. The lowest BCUT2D eigenvalue weighted by Gasteiger charge is -2.11. The van der Waals surface area contributed by atoms with E-state index in [-0.39, 0.29) is 6.67 Å². The van der Waals surface area contributed by atoms with Crippen molar-refractivity contribution in [1.29, 1.82) is 0 Å². The van der Waals surface area contributed by atoms with Crippen LogP contribution in [0.2, 0.25) is 0 Å². The molecule has 0 aromatic heterocycles. The van der Waals surface area contributed by atoms with E-state index in [1.54, 1.807) is 0 Å². The number of hydrogen-bond acceptors (Lipinski definition) is 1. The van der Waals surface area contributed by atoms with Gasteiger partial charge in [0.1, 0.15) is 0 Å². The second kappa shape index (κ2) is 4.27. The van der Waals surface area contributed by atoms with Gasteiger partial charge in [0.2, 0.25) is 0 Å². The lowest BCUT2D eigenvalue weighted by molar-refractivity contribution is 0.439. The van der Waals surface area contributed by atoms with Crippen molar-refractivity contribution in [3.63, 3.8) is 0 Å². The van der Waals surface area contributed by atoms with Gasteiger partial charge in [-0.3, -0.25) is 4.39 Å². The predicted molar refractivity (Wildman–Crippen MR) is 45.8 cm³/mol. The van der Waals surface area contributed by atoms with Crippen LogP contribution in [-0.2, 0) is 0 Å². The van der Waals surface area contributed by atoms with Crippen molar-refractivity contribution in [2.24, 2.45) is 5.41 Å². The van der Waals surface area contributed by atoms with Gasteiger partial charge in [0.05, 0.1) is 6.67 Å². The van der Waals surface area contributed by atoms with Crippen molar-refractivity contribution in [3.05, 3.63) is 0 Å². The summed E-state index contributed by atoms with van der Waals surface area (Å²) in [4.78, 5) is 0. The highest BCUT2D eigenvalue weighted by Gasteiger charge is 2.40. The van der Waals surface area contributed by atoms with Crippen LogP contribution in [0.3, 0.4) is 0 Å². The summed E-state index contributed by atoms with van der Waals surface area (Å²) in [5.74, 6) is 0.746. The van der Waals surface area contributed by atoms with Gasteiger partial charge in [-0.15, -0.1) is 11.6 Å². The summed E-state index contributed by atoms with van der Waals surface area (Å²) < 4.78 is 11.6. The molecule has 0 spiro atoms. The zero-order valence-corrected chi connectivity index (χ0v) is 7.46. The van der Waals surface area contributed by atoms with E-state index in [0.29, 0.717) is 11.8 Å². The Morgan fingerprint density at radius 2 is 2.18 bits per heavy atom. The molecular formula is C8H15ClFN. The van der Waals surface area contributed by atoms with Crippen molar-refractivity contribution in [2.45, 2.75) is 19.3 Å². The van der Waals surface area contributed by atoms with Crippen LogP contribution in [0, 0.1) is 5.41 Å². The van der Waals surface area contributed by atoms with Gasteiger partial charge in [0, 0.05) is 12.4 Å². The van der Waals surface area contributed by atoms with Crippen molar-refractivity contribution in [2.75, 3.05) is 25.6 Å². The Bertz CT molecular complexity index is 115. The second-order valence-corrected chi connectivity index (χ2v) is 3.62. The molecule has 1 nitrogen and oxygen atoms in total. The monoisotopic (exact) mass is 179 g/mol. The molecule has 0 aliphatic heterocycles. The lowest BCUT2D eigenvalue weighted by Crippen LogP contribution is -2.26. The molecule has 1 N–H and O–H groups in total. The molecule has 3 heteroatoms. The van der Waals surface area contributed by atoms with Gasteiger partial charge in [-0.05, 0) is 31.2 Å². The average molecular weight is 180 g/mol. The molecule has 0 heterocycles. The van der Waals surface area contributed by atoms with Gasteiger partial charge in [-0.25, -0.2) is 0 Å². The Balaban J connectivity index is 1.94. The molecule has 11 heavy (non-hydrogen) atoms. The van der Waals surface area contributed by atoms with E-state index in [1.807, 2.05) is 0 Å². The first-order valence-corrected chi connectivity index (χ1v) is 4.69. The van der Waals surface area contributed by atoms with Gasteiger partial charge in [0.25, 0.3) is 0 Å². The van der Waals surface area contributed by atoms with Crippen molar-refractivity contribution in [1.82, 2.24) is 5.32 Å². The fourth-order valence-corrected chi connectivity index (χ4v) is 1.44. The van der Waals surface area contributed by atoms with E-state index in [1.165, 1.54) is 12.8 Å². The predicted octanol–water partition coefficient (Wildman–Crippen LogP) is 1.95. The Labute approximate surface area is 72.3 Å². The minimum absolute atomic E-state index is 0.221. The quantitative estimate of drug-likeness (QED) is 0.486. The molecule has 0 saturated heterocycles. The molecule has 0 atom stereocenters. The summed E-state index contributed by atoms with van der Waals surface area (Å²) in [6, 6.07) is 0. The van der Waals surface area contributed by atoms with Crippen LogP contribution in [0.4, 0.5) is 4.39 Å². The first-order valence-electron chi connectivity index (χ1n) is 4.16. The summed E-state index contributed by atoms with van der Waals surface area (Å²) in [6.45, 7) is 1.53. The maximum absolute atomic E-state index is 11.6. The normalized spacial score (nSPS) is 20.2. The summed E-state index contributed by atoms with van der Waals surface area (Å²) in [5.41, 5.74) is 0.373. The Hall–Kier alpha value is 0.180. The van der Waals surface area contributed by atoms with Crippen LogP contribution in [0.25, 0.3) is 0 Å². The van der Waals surface area contributed by atoms with Gasteiger partial charge >= 0.3 is 0 Å². The first-order chi connectivity index (χ1) is 5.33. The standard InChI is InChI=1S/C8H15ClFN/c9-6-8(2-3-8)7-11-5-1-4-10/h11H,1-7H2. The van der Waals surface area contributed by atoms with Gasteiger partial charge in [-0.1, -0.05) is 0 Å². The van der Waals surface area contributed by atoms with Crippen LogP contribution >= 0.6 is 11.6 Å². The summed E-state index contributed by atoms with van der Waals surface area (Å²) in [5, 5.41) is 3.22. The number of alkyl halides is 2. The summed E-state index contributed by atoms with van der Waals surface area (Å²) in [6.07, 6.45) is 3.09. The minimum Gasteiger partial charge on any atom is -0.316 e. The second-order valence-electron chi connectivity index (χ2n) is 3.35. The summed E-state index contributed by atoms with van der Waals surface area (Å²) >= 11 is 5.75. The van der Waals surface area contributed by atoms with Crippen LogP contribution in [0.5, 0.6) is 0 Å². The fourth-order valence-electron chi connectivity index (χ4n) is 1.08. The third kappa shape index (κ3) is 2.96. The summed E-state index contributed by atoms with van der Waals surface area (Å²) in [7, 11) is 0. The zero-order valence-electron chi connectivity index (χ0n) is 6.71. The average Bonchev–Trinajstić information content (AvgIpc) is 2.80. The molecule has 0 aromatic carbocycles. The molecule has 1 rings (SSSR count). The third-order valence-corrected chi connectivity index (χ3v) is 2.79. The van der Waals surface area contributed by atoms with Crippen LogP contribution in [0.1, 0.15) is 19.3 Å². The number of nitrogens with one attached hydrogen (secondary N) is 1. The third-order valence-electron chi connectivity index (χ3n) is 2.23.